The molecule has 0 spiro atoms. The summed E-state index contributed by atoms with van der Waals surface area (Å²) in [5.41, 5.74) is 4.11. The number of amides is 1. The highest BCUT2D eigenvalue weighted by Crippen LogP contribution is 2.48. The van der Waals surface area contributed by atoms with Crippen LogP contribution in [0.15, 0.2) is 119 Å². The van der Waals surface area contributed by atoms with Gasteiger partial charge in [-0.3, -0.25) is 19.8 Å². The van der Waals surface area contributed by atoms with Crippen molar-refractivity contribution in [2.45, 2.75) is 47.7 Å². The van der Waals surface area contributed by atoms with E-state index in [0.29, 0.717) is 37.4 Å². The number of sulfonamides is 1. The van der Waals surface area contributed by atoms with Gasteiger partial charge in [-0.15, -0.1) is 20.5 Å². The van der Waals surface area contributed by atoms with Gasteiger partial charge in [0.05, 0.1) is 9.82 Å². The summed E-state index contributed by atoms with van der Waals surface area (Å²) in [5, 5.41) is 22.0. The number of rotatable bonds is 12. The molecule has 1 fully saturated rings. The number of nitrogens with one attached hydrogen (secondary N) is 2. The van der Waals surface area contributed by atoms with E-state index in [1.807, 2.05) is 60.7 Å². The number of para-hydroxylation sites is 1. The number of benzene rings is 5. The van der Waals surface area contributed by atoms with Crippen molar-refractivity contribution >= 4 is 50.7 Å². The number of hydrogen-bond acceptors (Lipinski definition) is 12. The lowest BCUT2D eigenvalue weighted by atomic mass is 9.92. The third-order valence-electron chi connectivity index (χ3n) is 10.5. The van der Waals surface area contributed by atoms with Crippen LogP contribution in [0.4, 0.5) is 39.0 Å². The fraction of sp³-hybridized carbons (Fsp3) is 0.256. The molecule has 336 valence electrons. The third-order valence-corrected chi connectivity index (χ3v) is 12.8. The molecular weight excluding hydrogens is 890 g/mol. The van der Waals surface area contributed by atoms with E-state index in [-0.39, 0.29) is 28.8 Å². The lowest BCUT2D eigenvalue weighted by Crippen LogP contribution is -2.54. The molecule has 5 aromatic carbocycles. The number of aryl methyl sites for hydroxylation is 1. The number of carboxylic acid groups (broad SMARTS) is 1. The number of halogens is 5. The van der Waals surface area contributed by atoms with Crippen molar-refractivity contribution in [1.29, 1.82) is 0 Å². The van der Waals surface area contributed by atoms with E-state index >= 15 is 0 Å². The molecule has 3 aliphatic heterocycles. The quantitative estimate of drug-likeness (QED) is 0.0359. The lowest BCUT2D eigenvalue weighted by molar-refractivity contribution is -0.384. The number of carboxylic acids is 1. The Kier molecular flexibility index (Phi) is 13.3. The number of piperazine rings is 1. The van der Waals surface area contributed by atoms with Gasteiger partial charge in [0, 0.05) is 72.3 Å². The van der Waals surface area contributed by atoms with Gasteiger partial charge in [-0.1, -0.05) is 54.6 Å². The van der Waals surface area contributed by atoms with Crippen molar-refractivity contribution in [3.8, 4) is 22.6 Å². The molecular formula is C43H38F5N5O9S2. The molecule has 1 atom stereocenters. The van der Waals surface area contributed by atoms with Crippen molar-refractivity contribution < 1.29 is 59.5 Å². The van der Waals surface area contributed by atoms with Crippen LogP contribution in [-0.4, -0.2) is 85.7 Å². The zero-order valence-corrected chi connectivity index (χ0v) is 35.0. The van der Waals surface area contributed by atoms with E-state index in [1.165, 1.54) is 18.2 Å². The summed E-state index contributed by atoms with van der Waals surface area (Å²) >= 11 is 1.58. The second kappa shape index (κ2) is 18.7. The maximum atomic E-state index is 14.0. The Morgan fingerprint density at radius 1 is 0.922 bits per heavy atom. The maximum absolute atomic E-state index is 14.0. The average Bonchev–Trinajstić information content (AvgIpc) is 3.59. The first kappa shape index (κ1) is 45.6. The van der Waals surface area contributed by atoms with Gasteiger partial charge in [-0.2, -0.15) is 13.2 Å². The minimum Gasteiger partial charge on any atom is -0.475 e. The highest BCUT2D eigenvalue weighted by atomic mass is 32.2. The van der Waals surface area contributed by atoms with Crippen LogP contribution in [-0.2, 0) is 27.8 Å². The van der Waals surface area contributed by atoms with Gasteiger partial charge < -0.3 is 24.8 Å². The van der Waals surface area contributed by atoms with Gasteiger partial charge in [0.25, 0.3) is 21.6 Å². The SMILES string of the molecule is O=C(NS(=O)(=O)c1ccc(NCCSc2ccccc2)c([N+](=O)[O-])c1)c1ccc2c(c1)CC[C@H]1CN(Cc3ccccc3-c3cccc4c3OC(F)(F)O4)CCN21.O=C(O)C(F)(F)F. The fourth-order valence-electron chi connectivity index (χ4n) is 7.59. The van der Waals surface area contributed by atoms with Crippen LogP contribution in [0.1, 0.15) is 27.9 Å². The second-order valence-corrected chi connectivity index (χ2v) is 17.5. The molecule has 0 saturated carbocycles. The summed E-state index contributed by atoms with van der Waals surface area (Å²) in [5.74, 6) is -2.95. The van der Waals surface area contributed by atoms with E-state index in [0.717, 1.165) is 52.8 Å². The van der Waals surface area contributed by atoms with Gasteiger partial charge >= 0.3 is 18.4 Å². The molecule has 0 aliphatic carbocycles. The van der Waals surface area contributed by atoms with Crippen LogP contribution in [0, 0.1) is 10.1 Å². The first-order valence-corrected chi connectivity index (χ1v) is 22.0. The van der Waals surface area contributed by atoms with Gasteiger partial charge in [0.15, 0.2) is 11.5 Å². The number of fused-ring (bicyclic) bond motifs is 4. The van der Waals surface area contributed by atoms with Crippen molar-refractivity contribution in [3.05, 3.63) is 136 Å². The Bertz CT molecular complexity index is 2680. The molecule has 64 heavy (non-hydrogen) atoms. The molecule has 0 unspecified atom stereocenters. The monoisotopic (exact) mass is 927 g/mol. The number of carbonyl (C=O) groups excluding carboxylic acids is 1. The molecule has 0 radical (unpaired) electrons. The third kappa shape index (κ3) is 10.7. The van der Waals surface area contributed by atoms with Crippen LogP contribution < -0.4 is 24.4 Å². The standard InChI is InChI=1S/C41H37F2N5O7S2.C2HF3O2/c42-41(43)54-38-12-6-11-34(39(38)55-41)33-10-5-4-7-29(33)25-46-20-21-47-30(26-46)15-13-27-23-28(14-18-36(27)47)40(49)45-57(52,53)32-16-17-35(37(24-32)48(50)51)44-19-22-56-31-8-2-1-3-9-31;3-2(4,5)1(6)7/h1-12,14,16-18,23-24,30,44H,13,15,19-22,25-26H2,(H,45,49);(H,6,7)/t30-;/m0./s1. The molecule has 14 nitrogen and oxygen atoms in total. The number of alkyl halides is 5. The molecule has 3 N–H and O–H groups in total. The second-order valence-electron chi connectivity index (χ2n) is 14.7. The first-order valence-electron chi connectivity index (χ1n) is 19.5. The van der Waals surface area contributed by atoms with Crippen LogP contribution in [0.2, 0.25) is 0 Å². The fourth-order valence-corrected chi connectivity index (χ4v) is 9.37. The summed E-state index contributed by atoms with van der Waals surface area (Å²) in [7, 11) is -4.44. The van der Waals surface area contributed by atoms with Crippen LogP contribution in [0.25, 0.3) is 11.1 Å². The van der Waals surface area contributed by atoms with E-state index in [1.54, 1.807) is 36.0 Å². The van der Waals surface area contributed by atoms with Crippen molar-refractivity contribution in [2.24, 2.45) is 0 Å². The Hall–Kier alpha value is -6.45. The number of hydrogen-bond donors (Lipinski definition) is 3. The largest absolute Gasteiger partial charge is 0.586 e. The first-order chi connectivity index (χ1) is 30.4. The normalized spacial score (nSPS) is 16.4. The van der Waals surface area contributed by atoms with E-state index < -0.39 is 49.9 Å². The van der Waals surface area contributed by atoms with E-state index in [9.17, 15) is 45.3 Å². The summed E-state index contributed by atoms with van der Waals surface area (Å²) in [6.07, 6.45) is -7.33. The zero-order valence-electron chi connectivity index (χ0n) is 33.4. The molecule has 1 saturated heterocycles. The van der Waals surface area contributed by atoms with Crippen LogP contribution in [0.5, 0.6) is 11.5 Å². The van der Waals surface area contributed by atoms with Crippen molar-refractivity contribution in [3.63, 3.8) is 0 Å². The predicted octanol–water partition coefficient (Wildman–Crippen LogP) is 8.18. The minimum atomic E-state index is -5.08. The number of ether oxygens (including phenoxy) is 2. The topological polar surface area (TPSA) is 181 Å². The predicted molar refractivity (Wildman–Crippen MR) is 226 cm³/mol. The molecule has 1 amide bonds. The maximum Gasteiger partial charge on any atom is 0.586 e. The van der Waals surface area contributed by atoms with Gasteiger partial charge in [0.2, 0.25) is 0 Å². The Morgan fingerprint density at radius 2 is 1.64 bits per heavy atom. The van der Waals surface area contributed by atoms with Crippen LogP contribution in [0.3, 0.4) is 0 Å². The van der Waals surface area contributed by atoms with Crippen molar-refractivity contribution in [2.75, 3.05) is 42.1 Å². The zero-order chi connectivity index (χ0) is 45.8. The average molecular weight is 928 g/mol. The van der Waals surface area contributed by atoms with E-state index in [4.69, 9.17) is 14.6 Å². The van der Waals surface area contributed by atoms with Crippen molar-refractivity contribution in [1.82, 2.24) is 9.62 Å². The van der Waals surface area contributed by atoms with E-state index in [2.05, 4.69) is 24.6 Å². The summed E-state index contributed by atoms with van der Waals surface area (Å²) in [6.45, 7) is 3.19. The number of carbonyl (C=O) groups is 2. The smallest absolute Gasteiger partial charge is 0.475 e. The number of nitrogens with zero attached hydrogens (tertiary/aromatic N) is 3. The molecule has 0 aromatic heterocycles. The Labute approximate surface area is 367 Å². The highest BCUT2D eigenvalue weighted by Gasteiger charge is 2.45. The number of thioether (sulfide) groups is 1. The highest BCUT2D eigenvalue weighted by molar-refractivity contribution is 7.99. The molecule has 0 bridgehead atoms. The van der Waals surface area contributed by atoms with Gasteiger partial charge in [0.1, 0.15) is 5.69 Å². The molecule has 21 heteroatoms. The lowest BCUT2D eigenvalue weighted by Gasteiger charge is -2.46. The number of aliphatic carboxylic acids is 1. The molecule has 8 rings (SSSR count). The molecule has 3 aliphatic rings. The van der Waals surface area contributed by atoms with Gasteiger partial charge in [-0.25, -0.2) is 17.9 Å². The Morgan fingerprint density at radius 3 is 2.38 bits per heavy atom. The summed E-state index contributed by atoms with van der Waals surface area (Å²) in [4.78, 5) is 38.8. The van der Waals surface area contributed by atoms with Crippen LogP contribution >= 0.6 is 11.8 Å². The molecule has 3 heterocycles. The molecule has 5 aromatic rings. The number of nitro groups is 1. The van der Waals surface area contributed by atoms with Gasteiger partial charge in [-0.05, 0) is 78.1 Å². The number of nitro benzene ring substituents is 1. The Balaban J connectivity index is 0.000000809. The minimum absolute atomic E-state index is 0.00137. The summed E-state index contributed by atoms with van der Waals surface area (Å²) in [6, 6.07) is 31.1. The number of anilines is 2. The summed E-state index contributed by atoms with van der Waals surface area (Å²) < 4.78 is 97.9.